The Bertz CT molecular complexity index is 592. The molecule has 1 saturated carbocycles. The van der Waals surface area contributed by atoms with Gasteiger partial charge in [-0.15, -0.1) is 0 Å². The maximum Gasteiger partial charge on any atom is 0.159 e. The van der Waals surface area contributed by atoms with Gasteiger partial charge in [0.05, 0.1) is 5.69 Å². The molecular weight excluding hydrogens is 256 g/mol. The predicted octanol–water partition coefficient (Wildman–Crippen LogP) is 1.36. The lowest BCUT2D eigenvalue weighted by Gasteiger charge is -2.07. The van der Waals surface area contributed by atoms with Gasteiger partial charge in [-0.2, -0.15) is 5.10 Å². The molecular formula is C13H18N6O. The number of rotatable bonds is 6. The SMILES string of the molecule is CCOCc1nc(NN)cc(-n2ccc(C3CC3)n2)n1. The van der Waals surface area contributed by atoms with Crippen molar-refractivity contribution >= 4 is 5.82 Å². The summed E-state index contributed by atoms with van der Waals surface area (Å²) in [5.41, 5.74) is 3.67. The lowest BCUT2D eigenvalue weighted by atomic mass is 10.3. The summed E-state index contributed by atoms with van der Waals surface area (Å²) in [6.45, 7) is 2.91. The van der Waals surface area contributed by atoms with E-state index in [9.17, 15) is 0 Å². The molecule has 106 valence electrons. The first-order valence-corrected chi connectivity index (χ1v) is 6.78. The molecule has 2 aromatic heterocycles. The number of aromatic nitrogens is 4. The van der Waals surface area contributed by atoms with Crippen LogP contribution in [-0.2, 0) is 11.3 Å². The monoisotopic (exact) mass is 274 g/mol. The number of anilines is 1. The largest absolute Gasteiger partial charge is 0.374 e. The van der Waals surface area contributed by atoms with E-state index in [4.69, 9.17) is 10.6 Å². The molecule has 20 heavy (non-hydrogen) atoms. The molecule has 0 unspecified atom stereocenters. The van der Waals surface area contributed by atoms with Crippen molar-refractivity contribution in [2.24, 2.45) is 5.84 Å². The van der Waals surface area contributed by atoms with Crippen molar-refractivity contribution in [1.82, 2.24) is 19.7 Å². The molecule has 2 heterocycles. The summed E-state index contributed by atoms with van der Waals surface area (Å²) in [5.74, 6) is 7.89. The molecule has 7 nitrogen and oxygen atoms in total. The van der Waals surface area contributed by atoms with Gasteiger partial charge in [0, 0.05) is 24.8 Å². The van der Waals surface area contributed by atoms with Gasteiger partial charge in [0.2, 0.25) is 0 Å². The second-order valence-electron chi connectivity index (χ2n) is 4.77. The summed E-state index contributed by atoms with van der Waals surface area (Å²) in [7, 11) is 0. The van der Waals surface area contributed by atoms with Crippen LogP contribution >= 0.6 is 0 Å². The van der Waals surface area contributed by atoms with E-state index in [1.165, 1.54) is 12.8 Å². The zero-order chi connectivity index (χ0) is 13.9. The van der Waals surface area contributed by atoms with Crippen LogP contribution in [0.4, 0.5) is 5.82 Å². The third-order valence-corrected chi connectivity index (χ3v) is 3.18. The highest BCUT2D eigenvalue weighted by Crippen LogP contribution is 2.38. The second kappa shape index (κ2) is 5.56. The first-order valence-electron chi connectivity index (χ1n) is 6.78. The van der Waals surface area contributed by atoms with E-state index >= 15 is 0 Å². The van der Waals surface area contributed by atoms with Crippen LogP contribution in [0.15, 0.2) is 18.3 Å². The van der Waals surface area contributed by atoms with E-state index in [1.807, 2.05) is 19.2 Å². The van der Waals surface area contributed by atoms with E-state index in [0.29, 0.717) is 36.6 Å². The van der Waals surface area contributed by atoms with Gasteiger partial charge in [-0.25, -0.2) is 20.5 Å². The van der Waals surface area contributed by atoms with E-state index < -0.39 is 0 Å². The van der Waals surface area contributed by atoms with Crippen molar-refractivity contribution in [1.29, 1.82) is 0 Å². The molecule has 0 bridgehead atoms. The Hall–Kier alpha value is -1.99. The standard InChI is InChI=1S/C13H18N6O/c1-2-20-8-12-15-11(17-14)7-13(16-12)19-6-5-10(18-19)9-3-4-9/h5-7,9H,2-4,8,14H2,1H3,(H,15,16,17). The number of nitrogens with two attached hydrogens (primary N) is 1. The highest BCUT2D eigenvalue weighted by atomic mass is 16.5. The Labute approximate surface area is 117 Å². The molecule has 0 aromatic carbocycles. The maximum atomic E-state index is 5.45. The lowest BCUT2D eigenvalue weighted by molar-refractivity contribution is 0.128. The van der Waals surface area contributed by atoms with Crippen molar-refractivity contribution in [2.45, 2.75) is 32.3 Å². The van der Waals surface area contributed by atoms with E-state index in [1.54, 1.807) is 10.7 Å². The molecule has 1 fully saturated rings. The van der Waals surface area contributed by atoms with Gasteiger partial charge >= 0.3 is 0 Å². The van der Waals surface area contributed by atoms with Crippen molar-refractivity contribution in [3.8, 4) is 5.82 Å². The number of hydrazine groups is 1. The second-order valence-corrected chi connectivity index (χ2v) is 4.77. The molecule has 0 radical (unpaired) electrons. The zero-order valence-electron chi connectivity index (χ0n) is 11.4. The van der Waals surface area contributed by atoms with Crippen LogP contribution in [0.5, 0.6) is 0 Å². The molecule has 0 spiro atoms. The van der Waals surface area contributed by atoms with Crippen molar-refractivity contribution < 1.29 is 4.74 Å². The smallest absolute Gasteiger partial charge is 0.159 e. The molecule has 3 rings (SSSR count). The Balaban J connectivity index is 1.89. The molecule has 0 aliphatic heterocycles. The fraction of sp³-hybridized carbons (Fsp3) is 0.462. The number of hydrogen-bond donors (Lipinski definition) is 2. The Morgan fingerprint density at radius 3 is 3.00 bits per heavy atom. The summed E-state index contributed by atoms with van der Waals surface area (Å²) >= 11 is 0. The van der Waals surface area contributed by atoms with Crippen molar-refractivity contribution in [3.05, 3.63) is 29.8 Å². The van der Waals surface area contributed by atoms with Crippen molar-refractivity contribution in [2.75, 3.05) is 12.0 Å². The Morgan fingerprint density at radius 1 is 1.45 bits per heavy atom. The fourth-order valence-electron chi connectivity index (χ4n) is 1.99. The number of nitrogens with zero attached hydrogens (tertiary/aromatic N) is 4. The van der Waals surface area contributed by atoms with Crippen LogP contribution in [0.3, 0.4) is 0 Å². The first-order chi connectivity index (χ1) is 9.80. The number of nitrogens with one attached hydrogen (secondary N) is 1. The zero-order valence-corrected chi connectivity index (χ0v) is 11.4. The van der Waals surface area contributed by atoms with Crippen LogP contribution in [0.25, 0.3) is 5.82 Å². The van der Waals surface area contributed by atoms with Crippen LogP contribution in [0.1, 0.15) is 37.2 Å². The third kappa shape index (κ3) is 2.78. The van der Waals surface area contributed by atoms with Gasteiger partial charge in [-0.05, 0) is 25.8 Å². The summed E-state index contributed by atoms with van der Waals surface area (Å²) in [4.78, 5) is 8.71. The molecule has 7 heteroatoms. The molecule has 3 N–H and O–H groups in total. The molecule has 0 saturated heterocycles. The summed E-state index contributed by atoms with van der Waals surface area (Å²) in [5, 5.41) is 4.56. The number of nitrogen functional groups attached to an aromatic ring is 1. The number of hydrogen-bond acceptors (Lipinski definition) is 6. The van der Waals surface area contributed by atoms with E-state index in [2.05, 4.69) is 20.5 Å². The van der Waals surface area contributed by atoms with Crippen molar-refractivity contribution in [3.63, 3.8) is 0 Å². The molecule has 1 aliphatic rings. The normalized spacial score (nSPS) is 14.5. The van der Waals surface area contributed by atoms with Gasteiger partial charge in [-0.3, -0.25) is 0 Å². The van der Waals surface area contributed by atoms with Gasteiger partial charge < -0.3 is 10.2 Å². The van der Waals surface area contributed by atoms with Crippen LogP contribution < -0.4 is 11.3 Å². The quantitative estimate of drug-likeness (QED) is 0.610. The average molecular weight is 274 g/mol. The minimum absolute atomic E-state index is 0.357. The summed E-state index contributed by atoms with van der Waals surface area (Å²) < 4.78 is 7.10. The lowest BCUT2D eigenvalue weighted by Crippen LogP contribution is -2.13. The minimum Gasteiger partial charge on any atom is -0.374 e. The molecule has 0 atom stereocenters. The van der Waals surface area contributed by atoms with Crippen LogP contribution in [-0.4, -0.2) is 26.4 Å². The van der Waals surface area contributed by atoms with Crippen LogP contribution in [0.2, 0.25) is 0 Å². The summed E-state index contributed by atoms with van der Waals surface area (Å²) in [6, 6.07) is 3.80. The maximum absolute atomic E-state index is 5.45. The predicted molar refractivity (Wildman–Crippen MR) is 74.3 cm³/mol. The molecule has 0 amide bonds. The van der Waals surface area contributed by atoms with Gasteiger partial charge in [0.1, 0.15) is 12.4 Å². The minimum atomic E-state index is 0.357. The number of ether oxygens (including phenoxy) is 1. The Kier molecular flexibility index (Phi) is 3.62. The summed E-state index contributed by atoms with van der Waals surface area (Å²) in [6.07, 6.45) is 4.37. The Morgan fingerprint density at radius 2 is 2.30 bits per heavy atom. The molecule has 1 aliphatic carbocycles. The van der Waals surface area contributed by atoms with E-state index in [0.717, 1.165) is 5.69 Å². The van der Waals surface area contributed by atoms with Gasteiger partial charge in [0.15, 0.2) is 11.6 Å². The molecule has 2 aromatic rings. The van der Waals surface area contributed by atoms with Gasteiger partial charge in [-0.1, -0.05) is 0 Å². The highest BCUT2D eigenvalue weighted by Gasteiger charge is 2.26. The van der Waals surface area contributed by atoms with Gasteiger partial charge in [0.25, 0.3) is 0 Å². The third-order valence-electron chi connectivity index (χ3n) is 3.18. The fourth-order valence-corrected chi connectivity index (χ4v) is 1.99. The first kappa shape index (κ1) is 13.0. The van der Waals surface area contributed by atoms with E-state index in [-0.39, 0.29) is 0 Å². The average Bonchev–Trinajstić information content (AvgIpc) is 3.22. The highest BCUT2D eigenvalue weighted by molar-refractivity contribution is 5.40. The topological polar surface area (TPSA) is 90.9 Å². The van der Waals surface area contributed by atoms with Crippen LogP contribution in [0, 0.1) is 0 Å².